The fraction of sp³-hybridized carbons (Fsp3) is 0.615. The Kier molecular flexibility index (Phi) is 3.09. The molecule has 0 aliphatic carbocycles. The second kappa shape index (κ2) is 4.74. The van der Waals surface area contributed by atoms with Gasteiger partial charge in [-0.2, -0.15) is 0 Å². The van der Waals surface area contributed by atoms with Crippen LogP contribution in [0.2, 0.25) is 0 Å². The number of carbonyl (C=O) groups excluding carboxylic acids is 1. The van der Waals surface area contributed by atoms with Crippen LogP contribution in [0.15, 0.2) is 23.0 Å². The van der Waals surface area contributed by atoms with Crippen LogP contribution < -0.4 is 0 Å². The molecule has 1 N–H and O–H groups in total. The number of hydrogen-bond donors (Lipinski definition) is 1. The Morgan fingerprint density at radius 2 is 2.11 bits per heavy atom. The van der Waals surface area contributed by atoms with Gasteiger partial charge in [0, 0.05) is 13.1 Å². The average molecular weight is 250 g/mol. The van der Waals surface area contributed by atoms with E-state index in [9.17, 15) is 9.90 Å². The summed E-state index contributed by atoms with van der Waals surface area (Å²) in [6.45, 7) is 3.11. The molecule has 5 nitrogen and oxygen atoms in total. The second-order valence-electron chi connectivity index (χ2n) is 5.10. The Labute approximate surface area is 106 Å². The van der Waals surface area contributed by atoms with Crippen molar-refractivity contribution in [1.82, 2.24) is 9.80 Å². The molecule has 18 heavy (non-hydrogen) atoms. The van der Waals surface area contributed by atoms with E-state index in [1.807, 2.05) is 0 Å². The van der Waals surface area contributed by atoms with E-state index in [0.717, 1.165) is 13.1 Å². The van der Waals surface area contributed by atoms with Gasteiger partial charge in [0.1, 0.15) is 6.26 Å². The molecule has 1 aromatic rings. The lowest BCUT2D eigenvalue weighted by atomic mass is 10.2. The van der Waals surface area contributed by atoms with E-state index >= 15 is 0 Å². The van der Waals surface area contributed by atoms with Crippen molar-refractivity contribution >= 4 is 5.91 Å². The minimum atomic E-state index is -0.432. The molecule has 3 heterocycles. The molecule has 1 amide bonds. The van der Waals surface area contributed by atoms with E-state index < -0.39 is 6.10 Å². The highest BCUT2D eigenvalue weighted by Gasteiger charge is 2.38. The van der Waals surface area contributed by atoms with Crippen molar-refractivity contribution < 1.29 is 14.3 Å². The normalized spacial score (nSPS) is 29.1. The van der Waals surface area contributed by atoms with E-state index in [4.69, 9.17) is 4.42 Å². The van der Waals surface area contributed by atoms with Crippen molar-refractivity contribution in [2.45, 2.75) is 25.0 Å². The summed E-state index contributed by atoms with van der Waals surface area (Å²) in [7, 11) is 0. The maximum Gasteiger partial charge on any atom is 0.257 e. The smallest absolute Gasteiger partial charge is 0.257 e. The van der Waals surface area contributed by atoms with Crippen LogP contribution in [0.5, 0.6) is 0 Å². The van der Waals surface area contributed by atoms with E-state index in [1.165, 1.54) is 25.4 Å². The number of β-amino-alcohol motifs (C(OH)–C–C–N with tert-alkyl or cyclic N) is 1. The highest BCUT2D eigenvalue weighted by atomic mass is 16.3. The van der Waals surface area contributed by atoms with Crippen LogP contribution in [-0.2, 0) is 0 Å². The fourth-order valence-electron chi connectivity index (χ4n) is 2.94. The summed E-state index contributed by atoms with van der Waals surface area (Å²) in [6, 6.07) is 1.76. The first-order valence-electron chi connectivity index (χ1n) is 6.49. The summed E-state index contributed by atoms with van der Waals surface area (Å²) in [4.78, 5) is 16.2. The number of carbonyl (C=O) groups is 1. The molecule has 3 rings (SSSR count). The van der Waals surface area contributed by atoms with Gasteiger partial charge in [-0.1, -0.05) is 0 Å². The Bertz CT molecular complexity index is 412. The first-order valence-corrected chi connectivity index (χ1v) is 6.49. The van der Waals surface area contributed by atoms with Crippen molar-refractivity contribution in [3.8, 4) is 0 Å². The minimum Gasteiger partial charge on any atom is -0.472 e. The molecule has 2 fully saturated rings. The quantitative estimate of drug-likeness (QED) is 0.833. The second-order valence-corrected chi connectivity index (χ2v) is 5.10. The van der Waals surface area contributed by atoms with Crippen LogP contribution in [0, 0.1) is 0 Å². The lowest BCUT2D eigenvalue weighted by Gasteiger charge is -2.25. The summed E-state index contributed by atoms with van der Waals surface area (Å²) in [5.41, 5.74) is 0.560. The van der Waals surface area contributed by atoms with Gasteiger partial charge in [-0.05, 0) is 32.0 Å². The zero-order chi connectivity index (χ0) is 12.5. The Morgan fingerprint density at radius 3 is 2.78 bits per heavy atom. The predicted octanol–water partition coefficient (Wildman–Crippen LogP) is 0.561. The number of aliphatic hydroxyl groups is 1. The highest BCUT2D eigenvalue weighted by Crippen LogP contribution is 2.22. The van der Waals surface area contributed by atoms with Crippen LogP contribution in [0.3, 0.4) is 0 Å². The third-order valence-corrected chi connectivity index (χ3v) is 3.92. The van der Waals surface area contributed by atoms with Gasteiger partial charge in [0.25, 0.3) is 5.91 Å². The van der Waals surface area contributed by atoms with Crippen molar-refractivity contribution in [1.29, 1.82) is 0 Å². The Morgan fingerprint density at radius 1 is 1.33 bits per heavy atom. The maximum absolute atomic E-state index is 12.2. The Hall–Kier alpha value is -1.33. The molecule has 0 spiro atoms. The Balaban J connectivity index is 1.68. The molecule has 2 saturated heterocycles. The van der Waals surface area contributed by atoms with Gasteiger partial charge in [0.05, 0.1) is 24.0 Å². The molecule has 5 heteroatoms. The molecule has 0 unspecified atom stereocenters. The molecule has 98 valence electrons. The van der Waals surface area contributed by atoms with E-state index in [2.05, 4.69) is 4.90 Å². The number of hydrogen-bond acceptors (Lipinski definition) is 4. The van der Waals surface area contributed by atoms with Gasteiger partial charge >= 0.3 is 0 Å². The summed E-state index contributed by atoms with van der Waals surface area (Å²) in [5.74, 6) is -0.0514. The summed E-state index contributed by atoms with van der Waals surface area (Å²) in [6.07, 6.45) is 4.91. The summed E-state index contributed by atoms with van der Waals surface area (Å²) in [5, 5.41) is 10.1. The molecule has 0 radical (unpaired) electrons. The number of rotatable bonds is 2. The van der Waals surface area contributed by atoms with E-state index in [-0.39, 0.29) is 11.9 Å². The number of amides is 1. The van der Waals surface area contributed by atoms with Crippen LogP contribution in [0.25, 0.3) is 0 Å². The molecule has 2 atom stereocenters. The van der Waals surface area contributed by atoms with Crippen molar-refractivity contribution in [3.05, 3.63) is 24.2 Å². The first-order chi connectivity index (χ1) is 8.75. The van der Waals surface area contributed by atoms with Crippen LogP contribution in [0.1, 0.15) is 23.2 Å². The molecule has 0 saturated carbocycles. The zero-order valence-electron chi connectivity index (χ0n) is 10.3. The largest absolute Gasteiger partial charge is 0.472 e. The molecule has 1 aromatic heterocycles. The summed E-state index contributed by atoms with van der Waals surface area (Å²) < 4.78 is 4.93. The van der Waals surface area contributed by atoms with Gasteiger partial charge in [0.2, 0.25) is 0 Å². The lowest BCUT2D eigenvalue weighted by Crippen LogP contribution is -2.41. The number of likely N-dealkylation sites (tertiary alicyclic amines) is 2. The molecular weight excluding hydrogens is 232 g/mol. The predicted molar refractivity (Wildman–Crippen MR) is 65.2 cm³/mol. The monoisotopic (exact) mass is 250 g/mol. The number of furan rings is 1. The number of aliphatic hydroxyl groups excluding tert-OH is 1. The fourth-order valence-corrected chi connectivity index (χ4v) is 2.94. The summed E-state index contributed by atoms with van der Waals surface area (Å²) >= 11 is 0. The molecule has 0 aromatic carbocycles. The first kappa shape index (κ1) is 11.7. The standard InChI is InChI=1S/C13H18N2O3/c16-12-8-15(13(17)10-3-6-18-9-10)7-11(12)14-4-1-2-5-14/h3,6,9,11-12,16H,1-2,4-5,7-8H2/t11-,12-/m0/s1. The lowest BCUT2D eigenvalue weighted by molar-refractivity contribution is 0.0762. The van der Waals surface area contributed by atoms with Crippen LogP contribution >= 0.6 is 0 Å². The molecule has 0 bridgehead atoms. The van der Waals surface area contributed by atoms with Gasteiger partial charge in [-0.15, -0.1) is 0 Å². The SMILES string of the molecule is O=C(c1ccoc1)N1C[C@H](O)[C@@H](N2CCCC2)C1. The topological polar surface area (TPSA) is 56.9 Å². The highest BCUT2D eigenvalue weighted by molar-refractivity contribution is 5.94. The average Bonchev–Trinajstić information content (AvgIpc) is 3.09. The van der Waals surface area contributed by atoms with Crippen LogP contribution in [-0.4, -0.2) is 59.1 Å². The van der Waals surface area contributed by atoms with Crippen molar-refractivity contribution in [3.63, 3.8) is 0 Å². The van der Waals surface area contributed by atoms with Gasteiger partial charge in [0.15, 0.2) is 0 Å². The third kappa shape index (κ3) is 2.04. The molecular formula is C13H18N2O3. The third-order valence-electron chi connectivity index (χ3n) is 3.92. The molecule has 2 aliphatic heterocycles. The van der Waals surface area contributed by atoms with Gasteiger partial charge < -0.3 is 14.4 Å². The maximum atomic E-state index is 12.2. The van der Waals surface area contributed by atoms with Gasteiger partial charge in [-0.3, -0.25) is 9.69 Å². The number of nitrogens with zero attached hydrogens (tertiary/aromatic N) is 2. The minimum absolute atomic E-state index is 0.0514. The molecule has 2 aliphatic rings. The zero-order valence-corrected chi connectivity index (χ0v) is 10.3. The van der Waals surface area contributed by atoms with Crippen molar-refractivity contribution in [2.24, 2.45) is 0 Å². The van der Waals surface area contributed by atoms with E-state index in [0.29, 0.717) is 18.7 Å². The van der Waals surface area contributed by atoms with Gasteiger partial charge in [-0.25, -0.2) is 0 Å². The van der Waals surface area contributed by atoms with E-state index in [1.54, 1.807) is 11.0 Å². The van der Waals surface area contributed by atoms with Crippen molar-refractivity contribution in [2.75, 3.05) is 26.2 Å². The van der Waals surface area contributed by atoms with Crippen LogP contribution in [0.4, 0.5) is 0 Å².